The number of hydrogen-bond acceptors (Lipinski definition) is 2. The van der Waals surface area contributed by atoms with E-state index < -0.39 is 0 Å². The van der Waals surface area contributed by atoms with Gasteiger partial charge in [0.15, 0.2) is 0 Å². The fraction of sp³-hybridized carbons (Fsp3) is 0.261. The van der Waals surface area contributed by atoms with Gasteiger partial charge in [0, 0.05) is 39.9 Å². The standard InChI is InChI=1S/C23H25ClN2O/c1-15-12-17(14-25-21-11-8-19(24)13-22(21)27)16(2)26(15)20-9-6-18(7-10-20)23(3,4)5/h6-14,27H,1-5H3. The number of phenols is 1. The number of hydrogen-bond donors (Lipinski definition) is 1. The van der Waals surface area contributed by atoms with Crippen LogP contribution in [0.25, 0.3) is 5.69 Å². The summed E-state index contributed by atoms with van der Waals surface area (Å²) in [5.41, 5.74) is 6.34. The summed E-state index contributed by atoms with van der Waals surface area (Å²) in [6.45, 7) is 10.8. The molecule has 2 aromatic carbocycles. The molecule has 0 fully saturated rings. The maximum absolute atomic E-state index is 9.96. The van der Waals surface area contributed by atoms with E-state index in [0.29, 0.717) is 10.7 Å². The molecule has 0 saturated heterocycles. The third kappa shape index (κ3) is 4.09. The molecular formula is C23H25ClN2O. The number of aromatic hydroxyl groups is 1. The van der Waals surface area contributed by atoms with E-state index in [2.05, 4.69) is 74.5 Å². The van der Waals surface area contributed by atoms with Gasteiger partial charge in [0.05, 0.1) is 0 Å². The third-order valence-electron chi connectivity index (χ3n) is 4.74. The molecule has 0 aliphatic rings. The summed E-state index contributed by atoms with van der Waals surface area (Å²) in [5.74, 6) is 0.0744. The molecule has 3 aromatic rings. The molecule has 0 bridgehead atoms. The number of phenolic OH excluding ortho intramolecular Hbond substituents is 1. The van der Waals surface area contributed by atoms with Crippen LogP contribution < -0.4 is 0 Å². The molecule has 140 valence electrons. The van der Waals surface area contributed by atoms with E-state index in [9.17, 15) is 5.11 Å². The van der Waals surface area contributed by atoms with Crippen molar-refractivity contribution in [1.29, 1.82) is 0 Å². The second-order valence-corrected chi connectivity index (χ2v) is 8.29. The van der Waals surface area contributed by atoms with Gasteiger partial charge >= 0.3 is 0 Å². The van der Waals surface area contributed by atoms with Crippen molar-refractivity contribution < 1.29 is 5.11 Å². The fourth-order valence-corrected chi connectivity index (χ4v) is 3.34. The molecule has 0 saturated carbocycles. The molecular weight excluding hydrogens is 356 g/mol. The Morgan fingerprint density at radius 2 is 1.67 bits per heavy atom. The van der Waals surface area contributed by atoms with Crippen LogP contribution in [0, 0.1) is 13.8 Å². The minimum Gasteiger partial charge on any atom is -0.506 e. The van der Waals surface area contributed by atoms with E-state index in [0.717, 1.165) is 22.6 Å². The lowest BCUT2D eigenvalue weighted by Gasteiger charge is -2.20. The molecule has 1 N–H and O–H groups in total. The van der Waals surface area contributed by atoms with Crippen LogP contribution in [0.2, 0.25) is 5.02 Å². The molecule has 3 rings (SSSR count). The first-order valence-corrected chi connectivity index (χ1v) is 9.37. The lowest BCUT2D eigenvalue weighted by Crippen LogP contribution is -2.11. The Balaban J connectivity index is 1.94. The zero-order valence-corrected chi connectivity index (χ0v) is 17.2. The molecule has 4 heteroatoms. The van der Waals surface area contributed by atoms with Crippen molar-refractivity contribution in [2.75, 3.05) is 0 Å². The Kier molecular flexibility index (Phi) is 5.16. The van der Waals surface area contributed by atoms with Crippen molar-refractivity contribution in [3.05, 3.63) is 76.1 Å². The normalized spacial score (nSPS) is 12.1. The highest BCUT2D eigenvalue weighted by Gasteiger charge is 2.14. The second-order valence-electron chi connectivity index (χ2n) is 7.85. The molecule has 0 amide bonds. The minimum atomic E-state index is 0.0744. The van der Waals surface area contributed by atoms with Crippen molar-refractivity contribution in [3.63, 3.8) is 0 Å². The highest BCUT2D eigenvalue weighted by molar-refractivity contribution is 6.30. The van der Waals surface area contributed by atoms with Gasteiger partial charge in [-0.2, -0.15) is 0 Å². The number of halogens is 1. The van der Waals surface area contributed by atoms with Crippen LogP contribution >= 0.6 is 11.6 Å². The van der Waals surface area contributed by atoms with Crippen molar-refractivity contribution >= 4 is 23.5 Å². The maximum Gasteiger partial charge on any atom is 0.142 e. The summed E-state index contributed by atoms with van der Waals surface area (Å²) in [6, 6.07) is 15.7. The topological polar surface area (TPSA) is 37.5 Å². The first-order valence-electron chi connectivity index (χ1n) is 8.99. The van der Waals surface area contributed by atoms with E-state index in [1.165, 1.54) is 11.6 Å². The Hall–Kier alpha value is -2.52. The van der Waals surface area contributed by atoms with Crippen molar-refractivity contribution in [3.8, 4) is 11.4 Å². The van der Waals surface area contributed by atoms with Crippen LogP contribution in [-0.2, 0) is 5.41 Å². The summed E-state index contributed by atoms with van der Waals surface area (Å²) in [7, 11) is 0. The van der Waals surface area contributed by atoms with Gasteiger partial charge in [-0.3, -0.25) is 4.99 Å². The van der Waals surface area contributed by atoms with Gasteiger partial charge < -0.3 is 9.67 Å². The molecule has 0 unspecified atom stereocenters. The van der Waals surface area contributed by atoms with Crippen LogP contribution in [0.5, 0.6) is 5.75 Å². The average Bonchev–Trinajstić information content (AvgIpc) is 2.87. The smallest absolute Gasteiger partial charge is 0.142 e. The largest absolute Gasteiger partial charge is 0.506 e. The van der Waals surface area contributed by atoms with Gasteiger partial charge in [-0.25, -0.2) is 0 Å². The van der Waals surface area contributed by atoms with Crippen LogP contribution in [0.1, 0.15) is 43.3 Å². The molecule has 0 radical (unpaired) electrons. The first-order chi connectivity index (χ1) is 12.7. The lowest BCUT2D eigenvalue weighted by molar-refractivity contribution is 0.477. The number of aryl methyl sites for hydroxylation is 1. The zero-order chi connectivity index (χ0) is 19.8. The number of rotatable bonds is 3. The quantitative estimate of drug-likeness (QED) is 0.517. The molecule has 0 atom stereocenters. The molecule has 27 heavy (non-hydrogen) atoms. The summed E-state index contributed by atoms with van der Waals surface area (Å²) in [5, 5.41) is 10.5. The van der Waals surface area contributed by atoms with Gasteiger partial charge in [-0.1, -0.05) is 44.5 Å². The maximum atomic E-state index is 9.96. The Labute approximate surface area is 166 Å². The molecule has 0 aliphatic carbocycles. The monoisotopic (exact) mass is 380 g/mol. The summed E-state index contributed by atoms with van der Waals surface area (Å²) >= 11 is 5.88. The van der Waals surface area contributed by atoms with Crippen LogP contribution in [-0.4, -0.2) is 15.9 Å². The first kappa shape index (κ1) is 19.2. The van der Waals surface area contributed by atoms with Crippen molar-refractivity contribution in [1.82, 2.24) is 4.57 Å². The Bertz CT molecular complexity index is 992. The number of aromatic nitrogens is 1. The summed E-state index contributed by atoms with van der Waals surface area (Å²) in [6.07, 6.45) is 1.78. The van der Waals surface area contributed by atoms with Crippen molar-refractivity contribution in [2.24, 2.45) is 4.99 Å². The minimum absolute atomic E-state index is 0.0744. The molecule has 3 nitrogen and oxygen atoms in total. The van der Waals surface area contributed by atoms with Crippen LogP contribution in [0.15, 0.2) is 53.5 Å². The highest BCUT2D eigenvalue weighted by atomic mass is 35.5. The predicted octanol–water partition coefficient (Wildman–Crippen LogP) is 6.50. The molecule has 0 spiro atoms. The Morgan fingerprint density at radius 3 is 2.26 bits per heavy atom. The highest BCUT2D eigenvalue weighted by Crippen LogP contribution is 2.30. The van der Waals surface area contributed by atoms with E-state index in [4.69, 9.17) is 11.6 Å². The van der Waals surface area contributed by atoms with Crippen LogP contribution in [0.4, 0.5) is 5.69 Å². The van der Waals surface area contributed by atoms with E-state index >= 15 is 0 Å². The predicted molar refractivity (Wildman–Crippen MR) is 114 cm³/mol. The van der Waals surface area contributed by atoms with E-state index in [1.807, 2.05) is 0 Å². The second kappa shape index (κ2) is 7.24. The molecule has 0 aliphatic heterocycles. The van der Waals surface area contributed by atoms with Gasteiger partial charge in [-0.15, -0.1) is 0 Å². The molecule has 1 heterocycles. The number of aliphatic imine (C=N–C) groups is 1. The average molecular weight is 381 g/mol. The Morgan fingerprint density at radius 1 is 1.00 bits per heavy atom. The number of nitrogens with zero attached hydrogens (tertiary/aromatic N) is 2. The number of benzene rings is 2. The van der Waals surface area contributed by atoms with Gasteiger partial charge in [0.2, 0.25) is 0 Å². The van der Waals surface area contributed by atoms with Crippen LogP contribution in [0.3, 0.4) is 0 Å². The lowest BCUT2D eigenvalue weighted by atomic mass is 9.87. The van der Waals surface area contributed by atoms with Crippen molar-refractivity contribution in [2.45, 2.75) is 40.0 Å². The summed E-state index contributed by atoms with van der Waals surface area (Å²) < 4.78 is 2.22. The molecule has 1 aromatic heterocycles. The SMILES string of the molecule is Cc1cc(C=Nc2ccc(Cl)cc2O)c(C)n1-c1ccc(C(C)(C)C)cc1. The van der Waals surface area contributed by atoms with E-state index in [-0.39, 0.29) is 11.2 Å². The third-order valence-corrected chi connectivity index (χ3v) is 4.98. The van der Waals surface area contributed by atoms with Gasteiger partial charge in [0.1, 0.15) is 11.4 Å². The summed E-state index contributed by atoms with van der Waals surface area (Å²) in [4.78, 5) is 4.43. The zero-order valence-electron chi connectivity index (χ0n) is 16.4. The van der Waals surface area contributed by atoms with Gasteiger partial charge in [0.25, 0.3) is 0 Å². The van der Waals surface area contributed by atoms with Gasteiger partial charge in [-0.05, 0) is 55.2 Å². The fourth-order valence-electron chi connectivity index (χ4n) is 3.17. The van der Waals surface area contributed by atoms with E-state index in [1.54, 1.807) is 18.3 Å².